The minimum Gasteiger partial charge on any atom is -0.493 e. The molecule has 5 nitrogen and oxygen atoms in total. The summed E-state index contributed by atoms with van der Waals surface area (Å²) in [6, 6.07) is 14.1. The van der Waals surface area contributed by atoms with Crippen molar-refractivity contribution in [3.63, 3.8) is 0 Å². The Balaban J connectivity index is 2.56. The Labute approximate surface area is 140 Å². The smallest absolute Gasteiger partial charge is 0.203 e. The first-order valence-corrected chi connectivity index (χ1v) is 7.16. The lowest BCUT2D eigenvalue weighted by molar-refractivity contribution is 0.105. The van der Waals surface area contributed by atoms with Crippen molar-refractivity contribution in [2.24, 2.45) is 0 Å². The van der Waals surface area contributed by atoms with E-state index in [1.54, 1.807) is 24.3 Å². The predicted molar refractivity (Wildman–Crippen MR) is 90.5 cm³/mol. The minimum absolute atomic E-state index is 0.298. The van der Waals surface area contributed by atoms with Gasteiger partial charge < -0.3 is 14.2 Å². The van der Waals surface area contributed by atoms with E-state index in [4.69, 9.17) is 19.5 Å². The molecule has 5 heteroatoms. The van der Waals surface area contributed by atoms with Gasteiger partial charge in [0.15, 0.2) is 17.3 Å². The summed E-state index contributed by atoms with van der Waals surface area (Å²) < 4.78 is 15.8. The number of ether oxygens (including phenoxy) is 3. The van der Waals surface area contributed by atoms with Crippen molar-refractivity contribution in [1.82, 2.24) is 0 Å². The van der Waals surface area contributed by atoms with E-state index in [-0.39, 0.29) is 5.78 Å². The molecule has 0 aliphatic heterocycles. The molecule has 0 saturated carbocycles. The Bertz CT molecular complexity index is 779. The molecule has 0 N–H and O–H groups in total. The van der Waals surface area contributed by atoms with Crippen molar-refractivity contribution in [3.8, 4) is 23.3 Å². The van der Waals surface area contributed by atoms with Gasteiger partial charge in [0.1, 0.15) is 0 Å². The first kappa shape index (κ1) is 17.1. The normalized spacial score (nSPS) is 10.7. The van der Waals surface area contributed by atoms with Crippen LogP contribution in [0, 0.1) is 11.3 Å². The molecule has 0 spiro atoms. The van der Waals surface area contributed by atoms with Crippen molar-refractivity contribution in [2.75, 3.05) is 21.3 Å². The number of methoxy groups -OCH3 is 3. The third kappa shape index (κ3) is 3.39. The number of hydrogen-bond donors (Lipinski definition) is 0. The van der Waals surface area contributed by atoms with Gasteiger partial charge in [0.05, 0.1) is 27.4 Å². The Hall–Kier alpha value is -3.26. The van der Waals surface area contributed by atoms with Gasteiger partial charge in [-0.05, 0) is 17.7 Å². The average molecular weight is 323 g/mol. The fourth-order valence-corrected chi connectivity index (χ4v) is 2.33. The molecule has 0 radical (unpaired) electrons. The first-order chi connectivity index (χ1) is 11.7. The highest BCUT2D eigenvalue weighted by Gasteiger charge is 2.20. The third-order valence-electron chi connectivity index (χ3n) is 3.47. The molecule has 0 saturated heterocycles. The average Bonchev–Trinajstić information content (AvgIpc) is 2.64. The minimum atomic E-state index is -0.304. The number of carbonyl (C=O) groups excluding carboxylic acids is 1. The summed E-state index contributed by atoms with van der Waals surface area (Å²) in [4.78, 5) is 12.9. The summed E-state index contributed by atoms with van der Waals surface area (Å²) in [5.41, 5.74) is 1.31. The van der Waals surface area contributed by atoms with E-state index >= 15 is 0 Å². The molecule has 0 unspecified atom stereocenters. The molecule has 0 aromatic heterocycles. The lowest BCUT2D eigenvalue weighted by Gasteiger charge is -2.14. The Kier molecular flexibility index (Phi) is 5.58. The number of benzene rings is 2. The van der Waals surface area contributed by atoms with Gasteiger partial charge in [0.25, 0.3) is 0 Å². The van der Waals surface area contributed by atoms with E-state index < -0.39 is 0 Å². The fraction of sp³-hybridized carbons (Fsp3) is 0.158. The van der Waals surface area contributed by atoms with Crippen LogP contribution in [0.25, 0.3) is 5.57 Å². The van der Waals surface area contributed by atoms with Gasteiger partial charge in [-0.25, -0.2) is 0 Å². The zero-order valence-electron chi connectivity index (χ0n) is 13.7. The number of hydrogen-bond acceptors (Lipinski definition) is 5. The predicted octanol–water partition coefficient (Wildman–Crippen LogP) is 3.50. The van der Waals surface area contributed by atoms with Crippen LogP contribution in [-0.2, 0) is 0 Å². The van der Waals surface area contributed by atoms with Crippen LogP contribution in [-0.4, -0.2) is 27.1 Å². The van der Waals surface area contributed by atoms with Gasteiger partial charge in [-0.15, -0.1) is 0 Å². The lowest BCUT2D eigenvalue weighted by Crippen LogP contribution is -2.05. The first-order valence-electron chi connectivity index (χ1n) is 7.16. The van der Waals surface area contributed by atoms with Crippen molar-refractivity contribution in [3.05, 3.63) is 59.7 Å². The second kappa shape index (κ2) is 7.84. The van der Waals surface area contributed by atoms with Crippen LogP contribution in [0.1, 0.15) is 15.9 Å². The van der Waals surface area contributed by atoms with E-state index in [0.717, 1.165) is 0 Å². The summed E-state index contributed by atoms with van der Waals surface area (Å²) in [6.45, 7) is 0. The zero-order chi connectivity index (χ0) is 17.5. The topological polar surface area (TPSA) is 68.6 Å². The number of nitrogens with zero attached hydrogens (tertiary/aromatic N) is 1. The molecule has 0 heterocycles. The van der Waals surface area contributed by atoms with Crippen molar-refractivity contribution in [2.45, 2.75) is 0 Å². The SMILES string of the molecule is COc1cc(C(=O)C(=CC#N)c2ccccc2)cc(OC)c1OC. The van der Waals surface area contributed by atoms with E-state index in [1.807, 2.05) is 24.3 Å². The zero-order valence-corrected chi connectivity index (χ0v) is 13.7. The van der Waals surface area contributed by atoms with E-state index in [2.05, 4.69) is 0 Å². The highest BCUT2D eigenvalue weighted by atomic mass is 16.5. The van der Waals surface area contributed by atoms with E-state index in [9.17, 15) is 4.79 Å². The molecule has 0 fully saturated rings. The maximum atomic E-state index is 12.9. The highest BCUT2D eigenvalue weighted by molar-refractivity contribution is 6.29. The molecule has 24 heavy (non-hydrogen) atoms. The number of rotatable bonds is 6. The molecule has 122 valence electrons. The Morgan fingerprint density at radius 1 is 0.958 bits per heavy atom. The summed E-state index contributed by atoms with van der Waals surface area (Å²) >= 11 is 0. The van der Waals surface area contributed by atoms with Gasteiger partial charge in [-0.1, -0.05) is 30.3 Å². The van der Waals surface area contributed by atoms with Crippen LogP contribution >= 0.6 is 0 Å². The summed E-state index contributed by atoms with van der Waals surface area (Å²) in [5.74, 6) is 0.859. The van der Waals surface area contributed by atoms with Crippen LogP contribution in [0.15, 0.2) is 48.5 Å². The van der Waals surface area contributed by atoms with Crippen LogP contribution in [0.2, 0.25) is 0 Å². The molecule has 0 bridgehead atoms. The molecule has 0 aliphatic rings. The summed E-state index contributed by atoms with van der Waals surface area (Å²) in [7, 11) is 4.45. The maximum Gasteiger partial charge on any atom is 0.203 e. The van der Waals surface area contributed by atoms with Gasteiger partial charge in [-0.3, -0.25) is 4.79 Å². The molecule has 0 aliphatic carbocycles. The van der Waals surface area contributed by atoms with Gasteiger partial charge >= 0.3 is 0 Å². The number of Topliss-reactive ketones (excluding diaryl/α,β-unsaturated/α-hetero) is 1. The van der Waals surface area contributed by atoms with Crippen molar-refractivity contribution >= 4 is 11.4 Å². The lowest BCUT2D eigenvalue weighted by atomic mass is 9.96. The monoisotopic (exact) mass is 323 g/mol. The maximum absolute atomic E-state index is 12.9. The molecule has 2 aromatic rings. The standard InChI is InChI=1S/C19H17NO4/c1-22-16-11-14(12-17(23-2)19(16)24-3)18(21)15(9-10-20)13-7-5-4-6-8-13/h4-9,11-12H,1-3H3. The molecule has 0 atom stereocenters. The largest absolute Gasteiger partial charge is 0.493 e. The summed E-state index contributed by atoms with van der Waals surface area (Å²) in [6.07, 6.45) is 1.24. The Morgan fingerprint density at radius 3 is 2.00 bits per heavy atom. The number of ketones is 1. The van der Waals surface area contributed by atoms with Crippen LogP contribution in [0.4, 0.5) is 0 Å². The fourth-order valence-electron chi connectivity index (χ4n) is 2.33. The molecular weight excluding hydrogens is 306 g/mol. The van der Waals surface area contributed by atoms with Crippen LogP contribution in [0.5, 0.6) is 17.2 Å². The van der Waals surface area contributed by atoms with Gasteiger partial charge in [0, 0.05) is 17.2 Å². The summed E-state index contributed by atoms with van der Waals surface area (Å²) in [5, 5.41) is 9.03. The molecule has 0 amide bonds. The van der Waals surface area contributed by atoms with E-state index in [1.165, 1.54) is 27.4 Å². The van der Waals surface area contributed by atoms with Crippen LogP contribution in [0.3, 0.4) is 0 Å². The van der Waals surface area contributed by atoms with Crippen molar-refractivity contribution in [1.29, 1.82) is 5.26 Å². The second-order valence-electron chi connectivity index (χ2n) is 4.80. The van der Waals surface area contributed by atoms with Crippen molar-refractivity contribution < 1.29 is 19.0 Å². The number of carbonyl (C=O) groups is 1. The van der Waals surface area contributed by atoms with Crippen LogP contribution < -0.4 is 14.2 Å². The quantitative estimate of drug-likeness (QED) is 0.462. The highest BCUT2D eigenvalue weighted by Crippen LogP contribution is 2.39. The molecule has 2 rings (SSSR count). The second-order valence-corrected chi connectivity index (χ2v) is 4.80. The van der Waals surface area contributed by atoms with E-state index in [0.29, 0.717) is 33.9 Å². The number of allylic oxidation sites excluding steroid dienone is 2. The number of nitriles is 1. The van der Waals surface area contributed by atoms with Gasteiger partial charge in [0.2, 0.25) is 5.75 Å². The van der Waals surface area contributed by atoms with Gasteiger partial charge in [-0.2, -0.15) is 5.26 Å². The Morgan fingerprint density at radius 2 is 1.54 bits per heavy atom. The third-order valence-corrected chi connectivity index (χ3v) is 3.47. The molecular formula is C19H17NO4. The molecule has 2 aromatic carbocycles.